The van der Waals surface area contributed by atoms with E-state index in [0.717, 1.165) is 34.5 Å². The van der Waals surface area contributed by atoms with Crippen molar-refractivity contribution in [3.8, 4) is 34.5 Å². The standard InChI is InChI=1S/C42H18B3N3O3/c1-7-19-31-25(13-1)49-26-14-3-9-21-33(26)43(31)37-40-38-42-39-41(37)47(21)23-11-5-17-29-35(23)45(39)36-24(12-6-18-30(36)51-29)48(42)22-10-4-16-28-34(22)44(38)32-20(46(19)40)8-2-15-27(32)50-28/h1-18H. The van der Waals surface area contributed by atoms with E-state index in [-0.39, 0.29) is 20.1 Å². The molecule has 0 spiro atoms. The third-order valence-electron chi connectivity index (χ3n) is 13.2. The topological polar surface area (TPSA) is 37.4 Å². The third-order valence-corrected chi connectivity index (χ3v) is 13.2. The van der Waals surface area contributed by atoms with Crippen molar-refractivity contribution in [2.45, 2.75) is 0 Å². The second-order valence-electron chi connectivity index (χ2n) is 15.0. The zero-order chi connectivity index (χ0) is 32.2. The molecule has 9 heteroatoms. The van der Waals surface area contributed by atoms with Gasteiger partial charge in [0, 0.05) is 51.2 Å². The minimum absolute atomic E-state index is 0.0334. The maximum absolute atomic E-state index is 6.88. The molecule has 0 radical (unpaired) electrons. The minimum Gasteiger partial charge on any atom is -0.458 e. The van der Waals surface area contributed by atoms with Crippen LogP contribution in [-0.4, -0.2) is 20.1 Å². The summed E-state index contributed by atoms with van der Waals surface area (Å²) < 4.78 is 20.6. The molecule has 51 heavy (non-hydrogen) atoms. The van der Waals surface area contributed by atoms with E-state index >= 15 is 0 Å². The normalized spacial score (nSPS) is 16.5. The van der Waals surface area contributed by atoms with Crippen LogP contribution in [0.5, 0.6) is 34.5 Å². The van der Waals surface area contributed by atoms with Crippen molar-refractivity contribution >= 4 is 120 Å². The fourth-order valence-corrected chi connectivity index (χ4v) is 11.7. The van der Waals surface area contributed by atoms with Gasteiger partial charge in [-0.05, 0) is 122 Å². The fourth-order valence-electron chi connectivity index (χ4n) is 11.7. The monoisotopic (exact) mass is 645 g/mol. The Hall–Kier alpha value is -6.47. The largest absolute Gasteiger partial charge is 0.458 e. The molecule has 7 aromatic carbocycles. The van der Waals surface area contributed by atoms with Crippen molar-refractivity contribution in [3.63, 3.8) is 0 Å². The number of nitrogens with zero attached hydrogens (tertiary/aromatic N) is 3. The maximum Gasteiger partial charge on any atom is 0.261 e. The molecule has 9 aliphatic rings. The van der Waals surface area contributed by atoms with E-state index in [2.05, 4.69) is 124 Å². The van der Waals surface area contributed by atoms with Gasteiger partial charge in [-0.1, -0.05) is 36.4 Å². The van der Waals surface area contributed by atoms with Crippen LogP contribution in [0.4, 0.5) is 51.2 Å². The molecule has 7 aromatic rings. The van der Waals surface area contributed by atoms with Gasteiger partial charge in [0.2, 0.25) is 0 Å². The van der Waals surface area contributed by atoms with Crippen LogP contribution in [0.3, 0.4) is 0 Å². The van der Waals surface area contributed by atoms with Crippen LogP contribution >= 0.6 is 0 Å². The van der Waals surface area contributed by atoms with Gasteiger partial charge in [0.15, 0.2) is 0 Å². The van der Waals surface area contributed by atoms with Crippen molar-refractivity contribution < 1.29 is 14.2 Å². The second-order valence-corrected chi connectivity index (χ2v) is 15.0. The van der Waals surface area contributed by atoms with Crippen LogP contribution in [0.15, 0.2) is 109 Å². The van der Waals surface area contributed by atoms with E-state index in [1.54, 1.807) is 0 Å². The van der Waals surface area contributed by atoms with Crippen molar-refractivity contribution in [1.82, 2.24) is 0 Å². The molecule has 0 saturated carbocycles. The van der Waals surface area contributed by atoms with Crippen LogP contribution < -0.4 is 78.1 Å². The fraction of sp³-hybridized carbons (Fsp3) is 0. The molecule has 0 amide bonds. The Balaban J connectivity index is 1.21. The van der Waals surface area contributed by atoms with Gasteiger partial charge in [-0.2, -0.15) is 0 Å². The molecular weight excluding hydrogens is 627 g/mol. The van der Waals surface area contributed by atoms with Gasteiger partial charge >= 0.3 is 0 Å². The van der Waals surface area contributed by atoms with E-state index in [9.17, 15) is 0 Å². The number of ether oxygens (including phenoxy) is 3. The van der Waals surface area contributed by atoms with Crippen molar-refractivity contribution in [1.29, 1.82) is 0 Å². The lowest BCUT2D eigenvalue weighted by molar-refractivity contribution is 0.487. The van der Waals surface area contributed by atoms with Gasteiger partial charge in [-0.25, -0.2) is 0 Å². The average Bonchev–Trinajstić information content (AvgIpc) is 3.17. The van der Waals surface area contributed by atoms with Crippen molar-refractivity contribution in [2.24, 2.45) is 0 Å². The summed E-state index contributed by atoms with van der Waals surface area (Å²) in [6.07, 6.45) is 0. The molecule has 0 saturated heterocycles. The number of anilines is 9. The lowest BCUT2D eigenvalue weighted by atomic mass is 9.24. The molecular formula is C42H18B3N3O3. The third kappa shape index (κ3) is 2.18. The lowest BCUT2D eigenvalue weighted by Gasteiger charge is -2.57. The Labute approximate surface area is 292 Å². The smallest absolute Gasteiger partial charge is 0.261 e. The molecule has 228 valence electrons. The summed E-state index contributed by atoms with van der Waals surface area (Å²) in [6, 6.07) is 39.7. The minimum atomic E-state index is 0.0334. The number of fused-ring (bicyclic) bond motifs is 6. The Bertz CT molecular complexity index is 2530. The molecule has 9 heterocycles. The SMILES string of the molecule is c1cc2c3c(c1)N1c4cccc5c4B4c6c(cccc6N6c7cccc8c7B7c9c(cccc9N9c%10cccc(c%10B3c3c1c4c6c7c39)O2)O8)O5. The summed E-state index contributed by atoms with van der Waals surface area (Å²) >= 11 is 0. The van der Waals surface area contributed by atoms with Gasteiger partial charge in [0.05, 0.1) is 0 Å². The molecule has 0 aromatic heterocycles. The molecule has 0 bridgehead atoms. The number of hydrogen-bond donors (Lipinski definition) is 0. The Morgan fingerprint density at radius 3 is 0.706 bits per heavy atom. The van der Waals surface area contributed by atoms with Crippen LogP contribution in [0.25, 0.3) is 0 Å². The highest BCUT2D eigenvalue weighted by Crippen LogP contribution is 2.56. The van der Waals surface area contributed by atoms with Gasteiger partial charge in [0.25, 0.3) is 20.1 Å². The summed E-state index contributed by atoms with van der Waals surface area (Å²) in [4.78, 5) is 7.69. The Morgan fingerprint density at radius 1 is 0.275 bits per heavy atom. The Kier molecular flexibility index (Phi) is 3.37. The number of rotatable bonds is 0. The molecule has 0 unspecified atom stereocenters. The summed E-state index contributed by atoms with van der Waals surface area (Å²) in [5.74, 6) is 5.64. The zero-order valence-electron chi connectivity index (χ0n) is 26.7. The zero-order valence-corrected chi connectivity index (χ0v) is 26.7. The van der Waals surface area contributed by atoms with Crippen molar-refractivity contribution in [3.05, 3.63) is 109 Å². The summed E-state index contributed by atoms with van der Waals surface area (Å²) in [7, 11) is 0. The highest BCUT2D eigenvalue weighted by atomic mass is 16.5. The molecule has 0 aliphatic carbocycles. The lowest BCUT2D eigenvalue weighted by Crippen LogP contribution is -2.76. The predicted octanol–water partition coefficient (Wildman–Crippen LogP) is 3.84. The van der Waals surface area contributed by atoms with Gasteiger partial charge < -0.3 is 28.9 Å². The van der Waals surface area contributed by atoms with E-state index in [1.165, 1.54) is 100 Å². The first-order valence-corrected chi connectivity index (χ1v) is 17.8. The molecule has 6 nitrogen and oxygen atoms in total. The first-order valence-electron chi connectivity index (χ1n) is 17.8. The summed E-state index contributed by atoms with van der Waals surface area (Å²) in [6.45, 7) is 0.100. The molecule has 0 atom stereocenters. The average molecular weight is 645 g/mol. The summed E-state index contributed by atoms with van der Waals surface area (Å²) in [5.41, 5.74) is 22.7. The first-order chi connectivity index (χ1) is 25.3. The van der Waals surface area contributed by atoms with E-state index in [0.29, 0.717) is 0 Å². The van der Waals surface area contributed by atoms with E-state index < -0.39 is 0 Å². The Morgan fingerprint density at radius 2 is 0.490 bits per heavy atom. The van der Waals surface area contributed by atoms with Gasteiger partial charge in [-0.15, -0.1) is 0 Å². The molecule has 0 fully saturated rings. The first kappa shape index (κ1) is 23.8. The predicted molar refractivity (Wildman–Crippen MR) is 205 cm³/mol. The summed E-state index contributed by atoms with van der Waals surface area (Å²) in [5, 5.41) is 0. The number of benzene rings is 7. The molecule has 9 aliphatic heterocycles. The maximum atomic E-state index is 6.88. The van der Waals surface area contributed by atoms with E-state index in [1.807, 2.05) is 0 Å². The molecule has 0 N–H and O–H groups in total. The number of hydrogen-bond acceptors (Lipinski definition) is 6. The van der Waals surface area contributed by atoms with Crippen LogP contribution in [0.2, 0.25) is 0 Å². The van der Waals surface area contributed by atoms with Gasteiger partial charge in [-0.3, -0.25) is 0 Å². The van der Waals surface area contributed by atoms with Crippen LogP contribution in [0.1, 0.15) is 0 Å². The highest BCUT2D eigenvalue weighted by Gasteiger charge is 2.61. The quantitative estimate of drug-likeness (QED) is 0.234. The van der Waals surface area contributed by atoms with E-state index in [4.69, 9.17) is 14.2 Å². The van der Waals surface area contributed by atoms with Crippen LogP contribution in [0, 0.1) is 0 Å². The molecule has 16 rings (SSSR count). The second kappa shape index (κ2) is 7.21. The van der Waals surface area contributed by atoms with Gasteiger partial charge in [0.1, 0.15) is 34.5 Å². The highest BCUT2D eigenvalue weighted by molar-refractivity contribution is 7.10. The van der Waals surface area contributed by atoms with Crippen molar-refractivity contribution in [2.75, 3.05) is 14.7 Å². The van der Waals surface area contributed by atoms with Crippen LogP contribution in [-0.2, 0) is 0 Å².